The highest BCUT2D eigenvalue weighted by molar-refractivity contribution is 5.97. The Hall–Kier alpha value is -3.07. The predicted octanol–water partition coefficient (Wildman–Crippen LogP) is 4.40. The van der Waals surface area contributed by atoms with Crippen LogP contribution in [0.25, 0.3) is 0 Å². The highest BCUT2D eigenvalue weighted by atomic mass is 19.4. The van der Waals surface area contributed by atoms with Gasteiger partial charge in [0.15, 0.2) is 0 Å². The number of ether oxygens (including phenoxy) is 3. The number of carbonyl (C=O) groups excluding carboxylic acids is 2. The molecule has 2 aromatic carbocycles. The van der Waals surface area contributed by atoms with Crippen molar-refractivity contribution in [2.45, 2.75) is 38.7 Å². The molecule has 3 rings (SSSR count). The second-order valence-electron chi connectivity index (χ2n) is 6.98. The quantitative estimate of drug-likeness (QED) is 0.702. The molecular weight excluding hydrogens is 415 g/mol. The molecule has 0 radical (unpaired) electrons. The van der Waals surface area contributed by atoms with Gasteiger partial charge in [0.05, 0.1) is 25.7 Å². The number of hydrogen-bond donors (Lipinski definition) is 1. The second-order valence-corrected chi connectivity index (χ2v) is 6.98. The summed E-state index contributed by atoms with van der Waals surface area (Å²) < 4.78 is 56.4. The normalized spacial score (nSPS) is 18.6. The second kappa shape index (κ2) is 8.97. The molecule has 1 aliphatic rings. The van der Waals surface area contributed by atoms with Crippen LogP contribution in [0.1, 0.15) is 41.7 Å². The SMILES string of the molecule is CCOC(=O)C[C@@H]1O[C@@H](c2cccc(OC)c2C)c2cc(C(F)(F)F)ccc2NC1=O. The Kier molecular flexibility index (Phi) is 6.54. The van der Waals surface area contributed by atoms with Gasteiger partial charge in [-0.1, -0.05) is 12.1 Å². The Labute approximate surface area is 177 Å². The molecule has 0 saturated carbocycles. The van der Waals surface area contributed by atoms with E-state index in [2.05, 4.69) is 5.32 Å². The zero-order valence-electron chi connectivity index (χ0n) is 17.2. The number of nitrogens with one attached hydrogen (secondary N) is 1. The number of alkyl halides is 3. The van der Waals surface area contributed by atoms with Gasteiger partial charge in [-0.05, 0) is 49.2 Å². The van der Waals surface area contributed by atoms with E-state index in [-0.39, 0.29) is 24.3 Å². The summed E-state index contributed by atoms with van der Waals surface area (Å²) in [6, 6.07) is 8.10. The number of fused-ring (bicyclic) bond motifs is 1. The smallest absolute Gasteiger partial charge is 0.416 e. The van der Waals surface area contributed by atoms with Crippen LogP contribution in [0.4, 0.5) is 18.9 Å². The predicted molar refractivity (Wildman–Crippen MR) is 106 cm³/mol. The van der Waals surface area contributed by atoms with E-state index in [9.17, 15) is 22.8 Å². The van der Waals surface area contributed by atoms with E-state index >= 15 is 0 Å². The van der Waals surface area contributed by atoms with Gasteiger partial charge in [0.25, 0.3) is 5.91 Å². The van der Waals surface area contributed by atoms with Crippen LogP contribution >= 0.6 is 0 Å². The number of rotatable bonds is 5. The molecule has 31 heavy (non-hydrogen) atoms. The molecule has 0 spiro atoms. The van der Waals surface area contributed by atoms with Gasteiger partial charge in [0.2, 0.25) is 0 Å². The number of esters is 1. The molecule has 2 atom stereocenters. The third-order valence-electron chi connectivity index (χ3n) is 5.00. The van der Waals surface area contributed by atoms with Gasteiger partial charge in [-0.15, -0.1) is 0 Å². The van der Waals surface area contributed by atoms with Crippen molar-refractivity contribution in [3.63, 3.8) is 0 Å². The molecule has 1 N–H and O–H groups in total. The minimum atomic E-state index is -4.58. The maximum atomic E-state index is 13.4. The summed E-state index contributed by atoms with van der Waals surface area (Å²) in [5.74, 6) is -0.775. The average molecular weight is 437 g/mol. The van der Waals surface area contributed by atoms with E-state index in [1.165, 1.54) is 13.2 Å². The monoisotopic (exact) mass is 437 g/mol. The molecule has 0 fully saturated rings. The van der Waals surface area contributed by atoms with E-state index < -0.39 is 35.8 Å². The summed E-state index contributed by atoms with van der Waals surface area (Å²) in [4.78, 5) is 24.7. The first-order valence-corrected chi connectivity index (χ1v) is 9.62. The van der Waals surface area contributed by atoms with Crippen LogP contribution in [0.2, 0.25) is 0 Å². The lowest BCUT2D eigenvalue weighted by atomic mass is 9.94. The number of amides is 1. The third-order valence-corrected chi connectivity index (χ3v) is 5.00. The van der Waals surface area contributed by atoms with E-state index in [1.807, 2.05) is 0 Å². The lowest BCUT2D eigenvalue weighted by Crippen LogP contribution is -2.32. The van der Waals surface area contributed by atoms with Gasteiger partial charge in [0, 0.05) is 11.3 Å². The third kappa shape index (κ3) is 4.82. The average Bonchev–Trinajstić information content (AvgIpc) is 2.84. The van der Waals surface area contributed by atoms with Crippen molar-refractivity contribution in [2.24, 2.45) is 0 Å². The zero-order valence-corrected chi connectivity index (χ0v) is 17.2. The first kappa shape index (κ1) is 22.6. The molecule has 6 nitrogen and oxygen atoms in total. The number of halogens is 3. The molecule has 9 heteroatoms. The molecule has 0 unspecified atom stereocenters. The number of carbonyl (C=O) groups is 2. The molecule has 166 valence electrons. The summed E-state index contributed by atoms with van der Waals surface area (Å²) in [6.45, 7) is 3.49. The molecule has 2 aromatic rings. The number of methoxy groups -OCH3 is 1. The lowest BCUT2D eigenvalue weighted by molar-refractivity contribution is -0.150. The number of benzene rings is 2. The fourth-order valence-electron chi connectivity index (χ4n) is 3.47. The van der Waals surface area contributed by atoms with Crippen LogP contribution in [-0.4, -0.2) is 31.7 Å². The first-order chi connectivity index (χ1) is 14.7. The summed E-state index contributed by atoms with van der Waals surface area (Å²) in [6.07, 6.45) is -7.26. The van der Waals surface area contributed by atoms with Crippen molar-refractivity contribution in [1.82, 2.24) is 0 Å². The largest absolute Gasteiger partial charge is 0.496 e. The van der Waals surface area contributed by atoms with Gasteiger partial charge >= 0.3 is 12.1 Å². The summed E-state index contributed by atoms with van der Waals surface area (Å²) in [5.41, 5.74) is 0.592. The highest BCUT2D eigenvalue weighted by Gasteiger charge is 2.37. The Morgan fingerprint density at radius 2 is 1.94 bits per heavy atom. The van der Waals surface area contributed by atoms with Crippen LogP contribution in [0.3, 0.4) is 0 Å². The fraction of sp³-hybridized carbons (Fsp3) is 0.364. The lowest BCUT2D eigenvalue weighted by Gasteiger charge is -2.24. The summed E-state index contributed by atoms with van der Waals surface area (Å²) in [5, 5.41) is 2.58. The number of hydrogen-bond acceptors (Lipinski definition) is 5. The minimum Gasteiger partial charge on any atom is -0.496 e. The Bertz CT molecular complexity index is 990. The van der Waals surface area contributed by atoms with Crippen LogP contribution in [0, 0.1) is 6.92 Å². The molecular formula is C22H22F3NO5. The van der Waals surface area contributed by atoms with E-state index in [0.29, 0.717) is 16.9 Å². The summed E-state index contributed by atoms with van der Waals surface area (Å²) >= 11 is 0. The van der Waals surface area contributed by atoms with Crippen molar-refractivity contribution in [3.8, 4) is 5.75 Å². The molecule has 0 aliphatic carbocycles. The molecule has 1 amide bonds. The topological polar surface area (TPSA) is 73.9 Å². The maximum absolute atomic E-state index is 13.4. The highest BCUT2D eigenvalue weighted by Crippen LogP contribution is 2.41. The van der Waals surface area contributed by atoms with Gasteiger partial charge < -0.3 is 19.5 Å². The van der Waals surface area contributed by atoms with Crippen LogP contribution < -0.4 is 10.1 Å². The van der Waals surface area contributed by atoms with E-state index in [0.717, 1.165) is 12.1 Å². The Balaban J connectivity index is 2.14. The van der Waals surface area contributed by atoms with Crippen LogP contribution in [-0.2, 0) is 25.2 Å². The van der Waals surface area contributed by atoms with Crippen LogP contribution in [0.5, 0.6) is 5.75 Å². The maximum Gasteiger partial charge on any atom is 0.416 e. The Morgan fingerprint density at radius 3 is 2.58 bits per heavy atom. The first-order valence-electron chi connectivity index (χ1n) is 9.62. The van der Waals surface area contributed by atoms with Gasteiger partial charge in [0.1, 0.15) is 18.0 Å². The zero-order chi connectivity index (χ0) is 22.8. The molecule has 0 bridgehead atoms. The minimum absolute atomic E-state index is 0.126. The number of anilines is 1. The molecule has 0 aromatic heterocycles. The van der Waals surface area contributed by atoms with Crippen molar-refractivity contribution in [3.05, 3.63) is 58.7 Å². The molecule has 0 saturated heterocycles. The van der Waals surface area contributed by atoms with Gasteiger partial charge in [-0.2, -0.15) is 13.2 Å². The van der Waals surface area contributed by atoms with Crippen molar-refractivity contribution in [1.29, 1.82) is 0 Å². The van der Waals surface area contributed by atoms with Crippen LogP contribution in [0.15, 0.2) is 36.4 Å². The Morgan fingerprint density at radius 1 is 1.19 bits per heavy atom. The van der Waals surface area contributed by atoms with Gasteiger partial charge in [-0.25, -0.2) is 0 Å². The van der Waals surface area contributed by atoms with E-state index in [4.69, 9.17) is 14.2 Å². The standard InChI is InChI=1S/C22H22F3NO5/c1-4-30-19(27)11-18-21(28)26-16-9-8-13(22(23,24)25)10-15(16)20(31-18)14-6-5-7-17(29-3)12(14)2/h5-10,18,20H,4,11H2,1-3H3,(H,26,28)/t18-,20-/m0/s1. The van der Waals surface area contributed by atoms with Crippen molar-refractivity contribution < 1.29 is 37.0 Å². The van der Waals surface area contributed by atoms with Crippen molar-refractivity contribution >= 4 is 17.6 Å². The molecule has 1 aliphatic heterocycles. The molecule has 1 heterocycles. The van der Waals surface area contributed by atoms with Gasteiger partial charge in [-0.3, -0.25) is 9.59 Å². The van der Waals surface area contributed by atoms with Crippen molar-refractivity contribution in [2.75, 3.05) is 19.0 Å². The van der Waals surface area contributed by atoms with E-state index in [1.54, 1.807) is 32.0 Å². The summed E-state index contributed by atoms with van der Waals surface area (Å²) in [7, 11) is 1.48. The fourth-order valence-corrected chi connectivity index (χ4v) is 3.47.